The quantitative estimate of drug-likeness (QED) is 0.832. The van der Waals surface area contributed by atoms with E-state index in [0.717, 1.165) is 10.4 Å². The maximum Gasteiger partial charge on any atom is 0.244 e. The van der Waals surface area contributed by atoms with E-state index in [1.807, 2.05) is 13.0 Å². The Morgan fingerprint density at radius 1 is 1.30 bits per heavy atom. The highest BCUT2D eigenvalue weighted by molar-refractivity contribution is 7.17. The molecule has 1 aromatic heterocycles. The lowest BCUT2D eigenvalue weighted by Gasteiger charge is -2.12. The van der Waals surface area contributed by atoms with Crippen LogP contribution in [0.2, 0.25) is 4.34 Å². The van der Waals surface area contributed by atoms with Crippen LogP contribution in [0.4, 0.5) is 4.39 Å². The average Bonchev–Trinajstić information content (AvgIpc) is 2.83. The van der Waals surface area contributed by atoms with Crippen molar-refractivity contribution in [3.05, 3.63) is 63.1 Å². The topological polar surface area (TPSA) is 29.1 Å². The molecule has 0 saturated heterocycles. The molecular weight excluding hydrogens is 297 g/mol. The van der Waals surface area contributed by atoms with Gasteiger partial charge in [-0.25, -0.2) is 4.39 Å². The second-order valence-electron chi connectivity index (χ2n) is 4.26. The van der Waals surface area contributed by atoms with Crippen LogP contribution in [0.15, 0.2) is 42.5 Å². The minimum atomic E-state index is -0.290. The molecule has 104 valence electrons. The summed E-state index contributed by atoms with van der Waals surface area (Å²) in [4.78, 5) is 12.7. The fourth-order valence-electron chi connectivity index (χ4n) is 1.67. The lowest BCUT2D eigenvalue weighted by molar-refractivity contribution is -0.117. The summed E-state index contributed by atoms with van der Waals surface area (Å²) >= 11 is 7.21. The van der Waals surface area contributed by atoms with E-state index in [0.29, 0.717) is 4.34 Å². The van der Waals surface area contributed by atoms with E-state index < -0.39 is 0 Å². The van der Waals surface area contributed by atoms with Crippen molar-refractivity contribution < 1.29 is 9.18 Å². The van der Waals surface area contributed by atoms with Gasteiger partial charge in [-0.2, -0.15) is 0 Å². The number of carbonyl (C=O) groups excluding carboxylic acids is 1. The van der Waals surface area contributed by atoms with E-state index in [-0.39, 0.29) is 17.8 Å². The fraction of sp³-hybridized carbons (Fsp3) is 0.133. The number of amides is 1. The van der Waals surface area contributed by atoms with Gasteiger partial charge in [-0.15, -0.1) is 11.3 Å². The highest BCUT2D eigenvalue weighted by Crippen LogP contribution is 2.22. The highest BCUT2D eigenvalue weighted by atomic mass is 35.5. The van der Waals surface area contributed by atoms with Crippen LogP contribution in [-0.2, 0) is 4.79 Å². The Balaban J connectivity index is 1.94. The zero-order valence-corrected chi connectivity index (χ0v) is 12.3. The number of halogens is 2. The second-order valence-corrected chi connectivity index (χ2v) is 6.00. The van der Waals surface area contributed by atoms with Crippen molar-refractivity contribution >= 4 is 34.9 Å². The van der Waals surface area contributed by atoms with Gasteiger partial charge in [-0.05, 0) is 42.8 Å². The molecule has 0 spiro atoms. The van der Waals surface area contributed by atoms with E-state index in [1.54, 1.807) is 24.3 Å². The van der Waals surface area contributed by atoms with Crippen LogP contribution < -0.4 is 5.32 Å². The third-order valence-electron chi connectivity index (χ3n) is 2.72. The van der Waals surface area contributed by atoms with Gasteiger partial charge in [0.2, 0.25) is 5.91 Å². The molecule has 2 rings (SSSR count). The van der Waals surface area contributed by atoms with Gasteiger partial charge in [-0.1, -0.05) is 23.7 Å². The van der Waals surface area contributed by atoms with Crippen LogP contribution >= 0.6 is 22.9 Å². The minimum Gasteiger partial charge on any atom is -0.346 e. The molecule has 1 heterocycles. The van der Waals surface area contributed by atoms with Gasteiger partial charge in [0, 0.05) is 11.0 Å². The number of rotatable bonds is 4. The molecule has 0 aliphatic heterocycles. The SMILES string of the molecule is CC(NC(=O)/C=C/c1ccc(Cl)s1)c1ccc(F)cc1. The van der Waals surface area contributed by atoms with Gasteiger partial charge in [0.05, 0.1) is 10.4 Å². The van der Waals surface area contributed by atoms with Crippen LogP contribution in [-0.4, -0.2) is 5.91 Å². The molecule has 0 fully saturated rings. The number of hydrogen-bond acceptors (Lipinski definition) is 2. The lowest BCUT2D eigenvalue weighted by atomic mass is 10.1. The van der Waals surface area contributed by atoms with Crippen molar-refractivity contribution in [3.63, 3.8) is 0 Å². The first-order valence-electron chi connectivity index (χ1n) is 6.04. The number of thiophene rings is 1. The standard InChI is InChI=1S/C15H13ClFNOS/c1-10(11-2-4-12(17)5-3-11)18-15(19)9-7-13-6-8-14(16)20-13/h2-10H,1H3,(H,18,19)/b9-7+. The van der Waals surface area contributed by atoms with Gasteiger partial charge in [0.1, 0.15) is 5.82 Å². The largest absolute Gasteiger partial charge is 0.346 e. The minimum absolute atomic E-state index is 0.181. The van der Waals surface area contributed by atoms with Crippen LogP contribution in [0.25, 0.3) is 6.08 Å². The number of hydrogen-bond donors (Lipinski definition) is 1. The Hall–Kier alpha value is -1.65. The Labute approximate surface area is 125 Å². The molecule has 2 nitrogen and oxygen atoms in total. The van der Waals surface area contributed by atoms with Crippen molar-refractivity contribution in [2.45, 2.75) is 13.0 Å². The normalized spacial score (nSPS) is 12.6. The van der Waals surface area contributed by atoms with Crippen LogP contribution in [0.1, 0.15) is 23.4 Å². The molecule has 5 heteroatoms. The Kier molecular flexibility index (Phi) is 4.93. The predicted octanol–water partition coefficient (Wildman–Crippen LogP) is 4.43. The molecular formula is C15H13ClFNOS. The zero-order chi connectivity index (χ0) is 14.5. The molecule has 0 aliphatic carbocycles. The molecule has 20 heavy (non-hydrogen) atoms. The van der Waals surface area contributed by atoms with Crippen LogP contribution in [0, 0.1) is 5.82 Å². The molecule has 0 saturated carbocycles. The lowest BCUT2D eigenvalue weighted by Crippen LogP contribution is -2.24. The first-order chi connectivity index (χ1) is 9.54. The van der Waals surface area contributed by atoms with E-state index >= 15 is 0 Å². The molecule has 1 amide bonds. The van der Waals surface area contributed by atoms with Crippen molar-refractivity contribution in [2.24, 2.45) is 0 Å². The highest BCUT2D eigenvalue weighted by Gasteiger charge is 2.07. The smallest absolute Gasteiger partial charge is 0.244 e. The maximum atomic E-state index is 12.8. The molecule has 1 unspecified atom stereocenters. The Bertz CT molecular complexity index is 621. The molecule has 2 aromatic rings. The van der Waals surface area contributed by atoms with E-state index in [9.17, 15) is 9.18 Å². The fourth-order valence-corrected chi connectivity index (χ4v) is 2.64. The number of benzene rings is 1. The maximum absolute atomic E-state index is 12.8. The predicted molar refractivity (Wildman–Crippen MR) is 81.3 cm³/mol. The molecule has 0 bridgehead atoms. The number of nitrogens with one attached hydrogen (secondary N) is 1. The zero-order valence-electron chi connectivity index (χ0n) is 10.8. The van der Waals surface area contributed by atoms with E-state index in [4.69, 9.17) is 11.6 Å². The average molecular weight is 310 g/mol. The van der Waals surface area contributed by atoms with Crippen molar-refractivity contribution in [1.82, 2.24) is 5.32 Å². The molecule has 1 aromatic carbocycles. The first kappa shape index (κ1) is 14.8. The molecule has 1 N–H and O–H groups in total. The Morgan fingerprint density at radius 3 is 2.60 bits per heavy atom. The van der Waals surface area contributed by atoms with Gasteiger partial charge in [-0.3, -0.25) is 4.79 Å². The summed E-state index contributed by atoms with van der Waals surface area (Å²) in [6.45, 7) is 1.85. The van der Waals surface area contributed by atoms with Crippen LogP contribution in [0.3, 0.4) is 0 Å². The van der Waals surface area contributed by atoms with Gasteiger partial charge in [0.25, 0.3) is 0 Å². The van der Waals surface area contributed by atoms with E-state index in [1.165, 1.54) is 29.5 Å². The summed E-state index contributed by atoms with van der Waals surface area (Å²) in [5.74, 6) is -0.493. The summed E-state index contributed by atoms with van der Waals surface area (Å²) in [7, 11) is 0. The summed E-state index contributed by atoms with van der Waals surface area (Å²) in [5.41, 5.74) is 0.854. The molecule has 0 radical (unpaired) electrons. The van der Waals surface area contributed by atoms with Crippen molar-refractivity contribution in [1.29, 1.82) is 0 Å². The molecule has 0 aliphatic rings. The summed E-state index contributed by atoms with van der Waals surface area (Å²) in [5, 5.41) is 2.82. The van der Waals surface area contributed by atoms with Crippen molar-refractivity contribution in [2.75, 3.05) is 0 Å². The van der Waals surface area contributed by atoms with Crippen molar-refractivity contribution in [3.8, 4) is 0 Å². The summed E-state index contributed by atoms with van der Waals surface area (Å²) < 4.78 is 13.5. The van der Waals surface area contributed by atoms with Crippen LogP contribution in [0.5, 0.6) is 0 Å². The third kappa shape index (κ3) is 4.18. The molecule has 1 atom stereocenters. The first-order valence-corrected chi connectivity index (χ1v) is 7.23. The monoisotopic (exact) mass is 309 g/mol. The van der Waals surface area contributed by atoms with Gasteiger partial charge in [0.15, 0.2) is 0 Å². The number of carbonyl (C=O) groups is 1. The third-order valence-corrected chi connectivity index (χ3v) is 3.92. The van der Waals surface area contributed by atoms with Gasteiger partial charge < -0.3 is 5.32 Å². The summed E-state index contributed by atoms with van der Waals surface area (Å²) in [6.07, 6.45) is 3.17. The second kappa shape index (κ2) is 6.68. The Morgan fingerprint density at radius 2 is 2.00 bits per heavy atom. The summed E-state index contributed by atoms with van der Waals surface area (Å²) in [6, 6.07) is 9.51. The van der Waals surface area contributed by atoms with E-state index in [2.05, 4.69) is 5.32 Å². The van der Waals surface area contributed by atoms with Gasteiger partial charge >= 0.3 is 0 Å².